The minimum Gasteiger partial charge on any atom is -0.370 e. The van der Waals surface area contributed by atoms with Gasteiger partial charge in [0.25, 0.3) is 0 Å². The zero-order valence-corrected chi connectivity index (χ0v) is 15.1. The Balaban J connectivity index is 2.01. The summed E-state index contributed by atoms with van der Waals surface area (Å²) >= 11 is 0. The van der Waals surface area contributed by atoms with Crippen LogP contribution < -0.4 is 5.32 Å². The Labute approximate surface area is 143 Å². The third kappa shape index (κ3) is 3.28. The Morgan fingerprint density at radius 3 is 2.50 bits per heavy atom. The number of benzene rings is 1. The van der Waals surface area contributed by atoms with E-state index < -0.39 is 0 Å². The van der Waals surface area contributed by atoms with Gasteiger partial charge in [-0.1, -0.05) is 49.6 Å². The molecular weight excluding hydrogens is 296 g/mol. The van der Waals surface area contributed by atoms with Gasteiger partial charge >= 0.3 is 0 Å². The standard InChI is InChI=1S/C20H26N4/c1-5-6-7-12-21-18-13-15(3)22-20-16(4)19(23-24(18)20)17-10-8-14(2)9-11-17/h8-11,13,21H,5-7,12H2,1-4H3. The van der Waals surface area contributed by atoms with E-state index in [-0.39, 0.29) is 0 Å². The Bertz CT molecular complexity index is 831. The van der Waals surface area contributed by atoms with Crippen LogP contribution in [0.2, 0.25) is 0 Å². The second kappa shape index (κ2) is 7.04. The maximum Gasteiger partial charge on any atom is 0.161 e. The van der Waals surface area contributed by atoms with Gasteiger partial charge in [-0.3, -0.25) is 0 Å². The fourth-order valence-corrected chi connectivity index (χ4v) is 2.95. The predicted octanol–water partition coefficient (Wildman–Crippen LogP) is 4.92. The van der Waals surface area contributed by atoms with Crippen molar-refractivity contribution in [2.24, 2.45) is 0 Å². The first kappa shape index (κ1) is 16.5. The molecule has 0 saturated carbocycles. The molecule has 4 nitrogen and oxygen atoms in total. The molecule has 0 atom stereocenters. The first-order valence-corrected chi connectivity index (χ1v) is 8.78. The third-order valence-corrected chi connectivity index (χ3v) is 4.36. The van der Waals surface area contributed by atoms with Crippen LogP contribution in [0.5, 0.6) is 0 Å². The van der Waals surface area contributed by atoms with Crippen LogP contribution in [0.25, 0.3) is 16.9 Å². The van der Waals surface area contributed by atoms with Crippen molar-refractivity contribution < 1.29 is 0 Å². The number of fused-ring (bicyclic) bond motifs is 1. The number of anilines is 1. The highest BCUT2D eigenvalue weighted by atomic mass is 15.3. The Kier molecular flexibility index (Phi) is 4.84. The molecule has 2 aromatic heterocycles. The minimum absolute atomic E-state index is 0.934. The number of nitrogens with one attached hydrogen (secondary N) is 1. The fraction of sp³-hybridized carbons (Fsp3) is 0.400. The van der Waals surface area contributed by atoms with Crippen molar-refractivity contribution in [1.82, 2.24) is 14.6 Å². The van der Waals surface area contributed by atoms with E-state index in [1.807, 2.05) is 11.4 Å². The molecule has 24 heavy (non-hydrogen) atoms. The topological polar surface area (TPSA) is 42.2 Å². The van der Waals surface area contributed by atoms with Gasteiger partial charge in [0.1, 0.15) is 5.82 Å². The van der Waals surface area contributed by atoms with E-state index in [0.717, 1.165) is 40.5 Å². The predicted molar refractivity (Wildman–Crippen MR) is 101 cm³/mol. The molecule has 0 aliphatic rings. The highest BCUT2D eigenvalue weighted by molar-refractivity contribution is 5.71. The van der Waals surface area contributed by atoms with E-state index >= 15 is 0 Å². The number of rotatable bonds is 6. The number of hydrogen-bond donors (Lipinski definition) is 1. The van der Waals surface area contributed by atoms with Crippen molar-refractivity contribution in [3.63, 3.8) is 0 Å². The first-order valence-electron chi connectivity index (χ1n) is 8.78. The molecule has 3 rings (SSSR count). The number of aromatic nitrogens is 3. The summed E-state index contributed by atoms with van der Waals surface area (Å²) in [7, 11) is 0. The van der Waals surface area contributed by atoms with Gasteiger partial charge in [-0.2, -0.15) is 9.61 Å². The smallest absolute Gasteiger partial charge is 0.161 e. The number of unbranched alkanes of at least 4 members (excludes halogenated alkanes) is 2. The number of nitrogens with zero attached hydrogens (tertiary/aromatic N) is 3. The summed E-state index contributed by atoms with van der Waals surface area (Å²) in [4.78, 5) is 4.70. The molecule has 0 saturated heterocycles. The van der Waals surface area contributed by atoms with Crippen molar-refractivity contribution in [2.75, 3.05) is 11.9 Å². The lowest BCUT2D eigenvalue weighted by Gasteiger charge is -2.09. The highest BCUT2D eigenvalue weighted by Gasteiger charge is 2.14. The van der Waals surface area contributed by atoms with E-state index in [0.29, 0.717) is 0 Å². The molecule has 0 fully saturated rings. The number of hydrogen-bond acceptors (Lipinski definition) is 3. The summed E-state index contributed by atoms with van der Waals surface area (Å²) in [6.45, 7) is 9.42. The molecule has 1 N–H and O–H groups in total. The Morgan fingerprint density at radius 2 is 1.79 bits per heavy atom. The third-order valence-electron chi connectivity index (χ3n) is 4.36. The quantitative estimate of drug-likeness (QED) is 0.655. The molecule has 3 aromatic rings. The van der Waals surface area contributed by atoms with E-state index in [1.54, 1.807) is 0 Å². The Hall–Kier alpha value is -2.36. The molecule has 1 aromatic carbocycles. The van der Waals surface area contributed by atoms with Crippen LogP contribution in [-0.2, 0) is 0 Å². The van der Waals surface area contributed by atoms with Crippen LogP contribution in [-0.4, -0.2) is 21.1 Å². The molecule has 4 heteroatoms. The molecule has 0 unspecified atom stereocenters. The van der Waals surface area contributed by atoms with E-state index in [1.165, 1.54) is 24.8 Å². The van der Waals surface area contributed by atoms with Gasteiger partial charge in [0.05, 0.1) is 5.69 Å². The van der Waals surface area contributed by atoms with Crippen molar-refractivity contribution in [1.29, 1.82) is 0 Å². The zero-order chi connectivity index (χ0) is 17.1. The van der Waals surface area contributed by atoms with Crippen LogP contribution in [0.4, 0.5) is 5.82 Å². The largest absolute Gasteiger partial charge is 0.370 e. The van der Waals surface area contributed by atoms with Crippen molar-refractivity contribution >= 4 is 11.5 Å². The fourth-order valence-electron chi connectivity index (χ4n) is 2.95. The summed E-state index contributed by atoms with van der Waals surface area (Å²) < 4.78 is 1.95. The van der Waals surface area contributed by atoms with Gasteiger partial charge in [-0.05, 0) is 27.2 Å². The highest BCUT2D eigenvalue weighted by Crippen LogP contribution is 2.27. The molecule has 0 radical (unpaired) electrons. The molecule has 0 spiro atoms. The van der Waals surface area contributed by atoms with E-state index in [9.17, 15) is 0 Å². The van der Waals surface area contributed by atoms with Crippen molar-refractivity contribution in [2.45, 2.75) is 47.0 Å². The number of aryl methyl sites for hydroxylation is 3. The minimum atomic E-state index is 0.934. The van der Waals surface area contributed by atoms with Crippen LogP contribution in [0.15, 0.2) is 30.3 Å². The lowest BCUT2D eigenvalue weighted by molar-refractivity contribution is 0.739. The summed E-state index contributed by atoms with van der Waals surface area (Å²) in [5.41, 5.74) is 6.47. The Morgan fingerprint density at radius 1 is 1.04 bits per heavy atom. The molecule has 0 aliphatic heterocycles. The maximum atomic E-state index is 4.84. The summed E-state index contributed by atoms with van der Waals surface area (Å²) in [6.07, 6.45) is 3.64. The van der Waals surface area contributed by atoms with Crippen LogP contribution in [0.3, 0.4) is 0 Å². The molecular formula is C20H26N4. The van der Waals surface area contributed by atoms with Gasteiger partial charge < -0.3 is 5.32 Å². The lowest BCUT2D eigenvalue weighted by atomic mass is 10.1. The van der Waals surface area contributed by atoms with Crippen molar-refractivity contribution in [3.8, 4) is 11.3 Å². The van der Waals surface area contributed by atoms with Gasteiger partial charge in [0.15, 0.2) is 5.65 Å². The zero-order valence-electron chi connectivity index (χ0n) is 15.1. The normalized spacial score (nSPS) is 11.2. The maximum absolute atomic E-state index is 4.84. The summed E-state index contributed by atoms with van der Waals surface area (Å²) in [6, 6.07) is 10.6. The molecule has 0 bridgehead atoms. The van der Waals surface area contributed by atoms with Crippen LogP contribution >= 0.6 is 0 Å². The molecule has 126 valence electrons. The average Bonchev–Trinajstić information content (AvgIpc) is 2.89. The molecule has 0 aliphatic carbocycles. The van der Waals surface area contributed by atoms with Gasteiger partial charge in [0, 0.05) is 29.4 Å². The molecule has 2 heterocycles. The summed E-state index contributed by atoms with van der Waals surface area (Å²) in [5.74, 6) is 1.02. The van der Waals surface area contributed by atoms with Gasteiger partial charge in [0.2, 0.25) is 0 Å². The van der Waals surface area contributed by atoms with Gasteiger partial charge in [-0.15, -0.1) is 0 Å². The SMILES string of the molecule is CCCCCNc1cc(C)nc2c(C)c(-c3ccc(C)cc3)nn12. The van der Waals surface area contributed by atoms with E-state index in [2.05, 4.69) is 56.4 Å². The van der Waals surface area contributed by atoms with Crippen LogP contribution in [0.1, 0.15) is 43.0 Å². The van der Waals surface area contributed by atoms with E-state index in [4.69, 9.17) is 10.1 Å². The average molecular weight is 322 g/mol. The molecule has 0 amide bonds. The lowest BCUT2D eigenvalue weighted by Crippen LogP contribution is -2.08. The van der Waals surface area contributed by atoms with Crippen molar-refractivity contribution in [3.05, 3.63) is 47.2 Å². The van der Waals surface area contributed by atoms with Crippen LogP contribution in [0, 0.1) is 20.8 Å². The second-order valence-corrected chi connectivity index (χ2v) is 6.49. The summed E-state index contributed by atoms with van der Waals surface area (Å²) in [5, 5.41) is 8.37. The monoisotopic (exact) mass is 322 g/mol. The first-order chi connectivity index (χ1) is 11.6. The second-order valence-electron chi connectivity index (χ2n) is 6.49. The van der Waals surface area contributed by atoms with Gasteiger partial charge in [-0.25, -0.2) is 4.98 Å².